The molecule has 6 nitrogen and oxygen atoms in total. The third-order valence-corrected chi connectivity index (χ3v) is 3.31. The van der Waals surface area contributed by atoms with Crippen LogP contribution < -0.4 is 11.3 Å². The maximum absolute atomic E-state index is 13.5. The largest absolute Gasteiger partial charge is 0.308 e. The molecule has 20 heavy (non-hydrogen) atoms. The maximum Gasteiger partial charge on any atom is 0.301 e. The predicted molar refractivity (Wildman–Crippen MR) is 69.2 cm³/mol. The van der Waals surface area contributed by atoms with E-state index in [0.717, 1.165) is 18.2 Å². The van der Waals surface area contributed by atoms with Crippen LogP contribution >= 0.6 is 11.8 Å². The Morgan fingerprint density at radius 3 is 2.70 bits per heavy atom. The minimum Gasteiger partial charge on any atom is -0.308 e. The van der Waals surface area contributed by atoms with Crippen LogP contribution in [-0.4, -0.2) is 9.91 Å². The number of nitrogens with zero attached hydrogens (tertiary/aromatic N) is 2. The van der Waals surface area contributed by atoms with Gasteiger partial charge in [-0.15, -0.1) is 0 Å². The second-order valence-corrected chi connectivity index (χ2v) is 4.63. The molecule has 0 aliphatic carbocycles. The molecule has 0 aliphatic rings. The van der Waals surface area contributed by atoms with Gasteiger partial charge in [0.1, 0.15) is 17.5 Å². The molecule has 0 amide bonds. The summed E-state index contributed by atoms with van der Waals surface area (Å²) in [6, 6.07) is 5.33. The van der Waals surface area contributed by atoms with Gasteiger partial charge in [-0.1, -0.05) is 11.8 Å². The molecule has 9 heteroatoms. The summed E-state index contributed by atoms with van der Waals surface area (Å²) in [6.45, 7) is 0. The average molecular weight is 298 g/mol. The monoisotopic (exact) mass is 298 g/mol. The van der Waals surface area contributed by atoms with Crippen LogP contribution in [0.5, 0.6) is 0 Å². The summed E-state index contributed by atoms with van der Waals surface area (Å²) >= 11 is 0.650. The number of nitrogen functional groups attached to an aromatic ring is 1. The molecule has 0 radical (unpaired) electrons. The van der Waals surface area contributed by atoms with E-state index in [1.807, 2.05) is 0 Å². The van der Waals surface area contributed by atoms with Crippen molar-refractivity contribution in [3.8, 4) is 0 Å². The zero-order valence-electron chi connectivity index (χ0n) is 9.84. The second kappa shape index (κ2) is 5.80. The molecule has 2 rings (SSSR count). The highest BCUT2D eigenvalue weighted by atomic mass is 32.2. The molecule has 2 aromatic rings. The summed E-state index contributed by atoms with van der Waals surface area (Å²) < 4.78 is 26.6. The number of pyridine rings is 1. The number of anilines is 1. The molecule has 0 saturated heterocycles. The number of hydrogen-bond acceptors (Lipinski definition) is 6. The lowest BCUT2D eigenvalue weighted by Crippen LogP contribution is -2.09. The summed E-state index contributed by atoms with van der Waals surface area (Å²) in [5, 5.41) is 10.8. The Morgan fingerprint density at radius 1 is 1.30 bits per heavy atom. The minimum absolute atomic E-state index is 0.0880. The Bertz CT molecular complexity index is 669. The number of halogens is 2. The third kappa shape index (κ3) is 3.00. The zero-order chi connectivity index (χ0) is 14.7. The van der Waals surface area contributed by atoms with E-state index in [-0.39, 0.29) is 21.4 Å². The summed E-state index contributed by atoms with van der Waals surface area (Å²) in [5.41, 5.74) is 1.91. The normalized spacial score (nSPS) is 10.3. The quantitative estimate of drug-likeness (QED) is 0.512. The van der Waals surface area contributed by atoms with Crippen LogP contribution in [0.25, 0.3) is 0 Å². The molecule has 0 aliphatic heterocycles. The van der Waals surface area contributed by atoms with Gasteiger partial charge >= 0.3 is 5.69 Å². The molecular weight excluding hydrogens is 290 g/mol. The molecule has 0 fully saturated rings. The number of hydrogen-bond donors (Lipinski definition) is 2. The van der Waals surface area contributed by atoms with Gasteiger partial charge in [0, 0.05) is 6.07 Å². The van der Waals surface area contributed by atoms with Gasteiger partial charge in [-0.25, -0.2) is 19.6 Å². The van der Waals surface area contributed by atoms with Crippen LogP contribution in [0.3, 0.4) is 0 Å². The number of nitrogens with two attached hydrogens (primary N) is 1. The van der Waals surface area contributed by atoms with Crippen LogP contribution in [0.4, 0.5) is 20.3 Å². The van der Waals surface area contributed by atoms with Crippen molar-refractivity contribution in [1.29, 1.82) is 0 Å². The zero-order valence-corrected chi connectivity index (χ0v) is 10.7. The Balaban J connectivity index is 2.45. The van der Waals surface area contributed by atoms with Crippen LogP contribution in [0.2, 0.25) is 0 Å². The fourth-order valence-corrected chi connectivity index (χ4v) is 2.32. The number of nitro groups is 1. The fourth-order valence-electron chi connectivity index (χ4n) is 1.39. The number of benzene rings is 1. The van der Waals surface area contributed by atoms with E-state index in [9.17, 15) is 18.9 Å². The molecule has 0 spiro atoms. The highest BCUT2D eigenvalue weighted by Gasteiger charge is 2.19. The number of rotatable bonds is 4. The van der Waals surface area contributed by atoms with Gasteiger partial charge in [0.2, 0.25) is 0 Å². The van der Waals surface area contributed by atoms with Crippen molar-refractivity contribution in [2.45, 2.75) is 9.92 Å². The van der Waals surface area contributed by atoms with E-state index in [1.165, 1.54) is 12.1 Å². The van der Waals surface area contributed by atoms with Gasteiger partial charge in [-0.3, -0.25) is 10.1 Å². The molecule has 0 saturated carbocycles. The lowest BCUT2D eigenvalue weighted by molar-refractivity contribution is -0.388. The molecule has 0 unspecified atom stereocenters. The molecule has 1 aromatic heterocycles. The van der Waals surface area contributed by atoms with Gasteiger partial charge in [-0.05, 0) is 24.3 Å². The van der Waals surface area contributed by atoms with Crippen molar-refractivity contribution >= 4 is 23.3 Å². The molecule has 1 aromatic carbocycles. The Kier molecular flexibility index (Phi) is 4.11. The first-order chi connectivity index (χ1) is 9.51. The smallest absolute Gasteiger partial charge is 0.301 e. The number of nitrogens with one attached hydrogen (secondary N) is 1. The third-order valence-electron chi connectivity index (χ3n) is 2.28. The molecule has 1 heterocycles. The van der Waals surface area contributed by atoms with Crippen LogP contribution in [0.15, 0.2) is 40.3 Å². The van der Waals surface area contributed by atoms with E-state index >= 15 is 0 Å². The Labute approximate surface area is 116 Å². The summed E-state index contributed by atoms with van der Waals surface area (Å²) in [6.07, 6.45) is 0. The molecule has 3 N–H and O–H groups in total. The van der Waals surface area contributed by atoms with E-state index < -0.39 is 16.6 Å². The first-order valence-corrected chi connectivity index (χ1v) is 6.08. The van der Waals surface area contributed by atoms with Gasteiger partial charge in [0.25, 0.3) is 0 Å². The molecule has 0 atom stereocenters. The summed E-state index contributed by atoms with van der Waals surface area (Å²) in [7, 11) is 0. The van der Waals surface area contributed by atoms with Gasteiger partial charge in [-0.2, -0.15) is 0 Å². The molecule has 0 bridgehead atoms. The van der Waals surface area contributed by atoms with Crippen molar-refractivity contribution < 1.29 is 13.7 Å². The standard InChI is InChI=1S/C11H8F2N4O2S/c12-6-1-2-7(13)9(5-6)20-11-8(17(18)19)3-4-10(15-11)16-14/h1-5H,14H2,(H,15,16). The maximum atomic E-state index is 13.5. The van der Waals surface area contributed by atoms with Crippen molar-refractivity contribution in [3.63, 3.8) is 0 Å². The average Bonchev–Trinajstić information content (AvgIpc) is 2.42. The summed E-state index contributed by atoms with van der Waals surface area (Å²) in [4.78, 5) is 14.0. The first kappa shape index (κ1) is 14.2. The topological polar surface area (TPSA) is 94.1 Å². The Morgan fingerprint density at radius 2 is 2.05 bits per heavy atom. The molecular formula is C11H8F2N4O2S. The molecule has 104 valence electrons. The minimum atomic E-state index is -0.696. The first-order valence-electron chi connectivity index (χ1n) is 5.26. The lowest BCUT2D eigenvalue weighted by Gasteiger charge is -2.06. The fraction of sp³-hybridized carbons (Fsp3) is 0. The van der Waals surface area contributed by atoms with Crippen molar-refractivity contribution in [3.05, 3.63) is 52.1 Å². The lowest BCUT2D eigenvalue weighted by atomic mass is 10.3. The highest BCUT2D eigenvalue weighted by molar-refractivity contribution is 7.99. The van der Waals surface area contributed by atoms with E-state index in [1.54, 1.807) is 0 Å². The number of aromatic nitrogens is 1. The van der Waals surface area contributed by atoms with E-state index in [2.05, 4.69) is 10.4 Å². The Hall–Kier alpha value is -2.26. The van der Waals surface area contributed by atoms with Crippen LogP contribution in [-0.2, 0) is 0 Å². The SMILES string of the molecule is NNc1ccc([N+](=O)[O-])c(Sc2cc(F)ccc2F)n1. The van der Waals surface area contributed by atoms with E-state index in [0.29, 0.717) is 11.8 Å². The number of hydrazine groups is 1. The second-order valence-electron chi connectivity index (χ2n) is 3.60. The predicted octanol–water partition coefficient (Wildman–Crippen LogP) is 2.70. The van der Waals surface area contributed by atoms with Crippen molar-refractivity contribution in [1.82, 2.24) is 4.98 Å². The van der Waals surface area contributed by atoms with Gasteiger partial charge in [0.15, 0.2) is 5.03 Å². The summed E-state index contributed by atoms with van der Waals surface area (Å²) in [5.74, 6) is 4.00. The van der Waals surface area contributed by atoms with Gasteiger partial charge < -0.3 is 5.43 Å². The van der Waals surface area contributed by atoms with Crippen molar-refractivity contribution in [2.24, 2.45) is 5.84 Å². The van der Waals surface area contributed by atoms with Crippen LogP contribution in [0.1, 0.15) is 0 Å². The highest BCUT2D eigenvalue weighted by Crippen LogP contribution is 2.35. The van der Waals surface area contributed by atoms with Gasteiger partial charge in [0.05, 0.1) is 9.82 Å². The van der Waals surface area contributed by atoms with E-state index in [4.69, 9.17) is 5.84 Å². The van der Waals surface area contributed by atoms with Crippen molar-refractivity contribution in [2.75, 3.05) is 5.43 Å². The van der Waals surface area contributed by atoms with Crippen LogP contribution in [0, 0.1) is 21.7 Å².